The van der Waals surface area contributed by atoms with E-state index in [1.807, 2.05) is 6.92 Å². The molecule has 0 radical (unpaired) electrons. The van der Waals surface area contributed by atoms with E-state index in [0.29, 0.717) is 25.3 Å². The van der Waals surface area contributed by atoms with Gasteiger partial charge in [0.05, 0.1) is 18.1 Å². The van der Waals surface area contributed by atoms with Crippen molar-refractivity contribution in [2.24, 2.45) is 0 Å². The van der Waals surface area contributed by atoms with Gasteiger partial charge >= 0.3 is 0 Å². The van der Waals surface area contributed by atoms with Gasteiger partial charge in [-0.05, 0) is 24.1 Å². The summed E-state index contributed by atoms with van der Waals surface area (Å²) < 4.78 is 37.0. The number of aryl methyl sites for hydroxylation is 1. The van der Waals surface area contributed by atoms with Crippen molar-refractivity contribution in [2.75, 3.05) is 46.3 Å². The van der Waals surface area contributed by atoms with Gasteiger partial charge < -0.3 is 15.2 Å². The van der Waals surface area contributed by atoms with Crippen LogP contribution in [0.5, 0.6) is 0 Å². The van der Waals surface area contributed by atoms with Crippen molar-refractivity contribution >= 4 is 15.7 Å². The van der Waals surface area contributed by atoms with Gasteiger partial charge in [0, 0.05) is 33.0 Å². The summed E-state index contributed by atoms with van der Waals surface area (Å²) in [5.41, 5.74) is 6.94. The van der Waals surface area contributed by atoms with E-state index in [4.69, 9.17) is 15.2 Å². The van der Waals surface area contributed by atoms with Crippen LogP contribution in [-0.4, -0.2) is 53.2 Å². The molecular weight excluding hydrogens is 292 g/mol. The Balaban J connectivity index is 3.17. The maximum Gasteiger partial charge on any atom is 0.243 e. The zero-order valence-electron chi connectivity index (χ0n) is 12.8. The number of methoxy groups -OCH3 is 2. The Kier molecular flexibility index (Phi) is 7.10. The standard InChI is InChI=1S/C14H24N2O4S/c1-4-12-5-6-13(15)11-14(12)21(17,18)16(7-9-19-2)8-10-20-3/h5-6,11H,4,7-10,15H2,1-3H3. The molecule has 1 aromatic carbocycles. The molecule has 2 N–H and O–H groups in total. The first-order chi connectivity index (χ1) is 9.97. The van der Waals surface area contributed by atoms with E-state index < -0.39 is 10.0 Å². The molecule has 0 aliphatic heterocycles. The molecule has 0 bridgehead atoms. The Morgan fingerprint density at radius 2 is 1.71 bits per heavy atom. The average Bonchev–Trinajstić information content (AvgIpc) is 2.47. The third-order valence-corrected chi connectivity index (χ3v) is 5.16. The quantitative estimate of drug-likeness (QED) is 0.690. The highest BCUT2D eigenvalue weighted by molar-refractivity contribution is 7.89. The Hall–Kier alpha value is -1.15. The third kappa shape index (κ3) is 4.67. The SMILES string of the molecule is CCc1ccc(N)cc1S(=O)(=O)N(CCOC)CCOC. The molecule has 0 unspecified atom stereocenters. The lowest BCUT2D eigenvalue weighted by molar-refractivity contribution is 0.150. The molecule has 0 aliphatic carbocycles. The number of hydrogen-bond acceptors (Lipinski definition) is 5. The average molecular weight is 316 g/mol. The first kappa shape index (κ1) is 17.9. The molecule has 0 amide bonds. The summed E-state index contributed by atoms with van der Waals surface area (Å²) in [5.74, 6) is 0. The van der Waals surface area contributed by atoms with E-state index in [0.717, 1.165) is 5.56 Å². The van der Waals surface area contributed by atoms with E-state index in [-0.39, 0.29) is 18.0 Å². The van der Waals surface area contributed by atoms with Crippen LogP contribution >= 0.6 is 0 Å². The van der Waals surface area contributed by atoms with Crippen molar-refractivity contribution in [3.63, 3.8) is 0 Å². The first-order valence-corrected chi connectivity index (χ1v) is 8.27. The highest BCUT2D eigenvalue weighted by Crippen LogP contribution is 2.23. The summed E-state index contributed by atoms with van der Waals surface area (Å²) in [4.78, 5) is 0.261. The highest BCUT2D eigenvalue weighted by Gasteiger charge is 2.26. The second kappa shape index (κ2) is 8.33. The predicted molar refractivity (Wildman–Crippen MR) is 82.7 cm³/mol. The molecule has 0 saturated heterocycles. The number of hydrogen-bond donors (Lipinski definition) is 1. The number of sulfonamides is 1. The van der Waals surface area contributed by atoms with Crippen molar-refractivity contribution in [3.05, 3.63) is 23.8 Å². The monoisotopic (exact) mass is 316 g/mol. The molecule has 0 spiro atoms. The summed E-state index contributed by atoms with van der Waals surface area (Å²) in [6, 6.07) is 4.99. The minimum absolute atomic E-state index is 0.261. The van der Waals surface area contributed by atoms with Crippen LogP contribution in [0.25, 0.3) is 0 Å². The lowest BCUT2D eigenvalue weighted by Gasteiger charge is -2.23. The minimum Gasteiger partial charge on any atom is -0.399 e. The van der Waals surface area contributed by atoms with Gasteiger partial charge in [-0.25, -0.2) is 8.42 Å². The number of rotatable bonds is 9. The lowest BCUT2D eigenvalue weighted by Crippen LogP contribution is -2.37. The molecule has 0 atom stereocenters. The zero-order chi connectivity index (χ0) is 15.9. The fourth-order valence-corrected chi connectivity index (χ4v) is 3.72. The van der Waals surface area contributed by atoms with Gasteiger partial charge in [-0.3, -0.25) is 0 Å². The Morgan fingerprint density at radius 1 is 1.14 bits per heavy atom. The molecule has 21 heavy (non-hydrogen) atoms. The van der Waals surface area contributed by atoms with Crippen molar-refractivity contribution < 1.29 is 17.9 Å². The van der Waals surface area contributed by atoms with Crippen LogP contribution in [0.4, 0.5) is 5.69 Å². The Bertz CT molecular complexity index is 538. The predicted octanol–water partition coefficient (Wildman–Crippen LogP) is 1.11. The molecule has 0 fully saturated rings. The van der Waals surface area contributed by atoms with Crippen LogP contribution in [-0.2, 0) is 25.9 Å². The topological polar surface area (TPSA) is 81.9 Å². The summed E-state index contributed by atoms with van der Waals surface area (Å²) >= 11 is 0. The maximum atomic E-state index is 12.8. The number of nitrogen functional groups attached to an aromatic ring is 1. The molecule has 7 heteroatoms. The Labute approximate surface area is 126 Å². The van der Waals surface area contributed by atoms with Crippen LogP contribution in [0.1, 0.15) is 12.5 Å². The smallest absolute Gasteiger partial charge is 0.243 e. The fraction of sp³-hybridized carbons (Fsp3) is 0.571. The molecule has 6 nitrogen and oxygen atoms in total. The molecule has 0 aliphatic rings. The largest absolute Gasteiger partial charge is 0.399 e. The first-order valence-electron chi connectivity index (χ1n) is 6.83. The number of benzene rings is 1. The number of nitrogens with two attached hydrogens (primary N) is 1. The molecular formula is C14H24N2O4S. The number of nitrogens with zero attached hydrogens (tertiary/aromatic N) is 1. The second-order valence-corrected chi connectivity index (χ2v) is 6.52. The van der Waals surface area contributed by atoms with Crippen molar-refractivity contribution in [2.45, 2.75) is 18.2 Å². The highest BCUT2D eigenvalue weighted by atomic mass is 32.2. The molecule has 1 rings (SSSR count). The Morgan fingerprint density at radius 3 is 2.19 bits per heavy atom. The summed E-state index contributed by atoms with van der Waals surface area (Å²) in [6.45, 7) is 3.12. The molecule has 1 aromatic rings. The third-order valence-electron chi connectivity index (χ3n) is 3.18. The molecule has 0 aromatic heterocycles. The number of anilines is 1. The maximum absolute atomic E-state index is 12.8. The normalized spacial score (nSPS) is 12.0. The van der Waals surface area contributed by atoms with Crippen LogP contribution < -0.4 is 5.73 Å². The van der Waals surface area contributed by atoms with Gasteiger partial charge in [0.25, 0.3) is 0 Å². The van der Waals surface area contributed by atoms with E-state index in [9.17, 15) is 8.42 Å². The second-order valence-electron chi connectivity index (χ2n) is 4.61. The summed E-state index contributed by atoms with van der Waals surface area (Å²) in [5, 5.41) is 0. The minimum atomic E-state index is -3.62. The van der Waals surface area contributed by atoms with Crippen LogP contribution in [0.3, 0.4) is 0 Å². The molecule has 0 saturated carbocycles. The molecule has 120 valence electrons. The van der Waals surface area contributed by atoms with Crippen LogP contribution in [0, 0.1) is 0 Å². The van der Waals surface area contributed by atoms with Crippen LogP contribution in [0.15, 0.2) is 23.1 Å². The van der Waals surface area contributed by atoms with Gasteiger partial charge in [-0.1, -0.05) is 13.0 Å². The van der Waals surface area contributed by atoms with Crippen molar-refractivity contribution in [1.82, 2.24) is 4.31 Å². The van der Waals surface area contributed by atoms with Gasteiger partial charge in [-0.2, -0.15) is 4.31 Å². The van der Waals surface area contributed by atoms with Gasteiger partial charge in [0.1, 0.15) is 0 Å². The van der Waals surface area contributed by atoms with E-state index >= 15 is 0 Å². The van der Waals surface area contributed by atoms with E-state index in [1.165, 1.54) is 10.4 Å². The summed E-state index contributed by atoms with van der Waals surface area (Å²) in [7, 11) is -0.536. The van der Waals surface area contributed by atoms with Gasteiger partial charge in [0.2, 0.25) is 10.0 Å². The van der Waals surface area contributed by atoms with Gasteiger partial charge in [-0.15, -0.1) is 0 Å². The summed E-state index contributed by atoms with van der Waals surface area (Å²) in [6.07, 6.45) is 0.622. The van der Waals surface area contributed by atoms with E-state index in [2.05, 4.69) is 0 Å². The van der Waals surface area contributed by atoms with Crippen molar-refractivity contribution in [1.29, 1.82) is 0 Å². The molecule has 0 heterocycles. The van der Waals surface area contributed by atoms with Crippen LogP contribution in [0.2, 0.25) is 0 Å². The zero-order valence-corrected chi connectivity index (χ0v) is 13.6. The van der Waals surface area contributed by atoms with Gasteiger partial charge in [0.15, 0.2) is 0 Å². The van der Waals surface area contributed by atoms with E-state index in [1.54, 1.807) is 26.4 Å². The lowest BCUT2D eigenvalue weighted by atomic mass is 10.1. The fourth-order valence-electron chi connectivity index (χ4n) is 1.98. The number of ether oxygens (including phenoxy) is 2. The van der Waals surface area contributed by atoms with Crippen molar-refractivity contribution in [3.8, 4) is 0 Å².